The Kier molecular flexibility index (Phi) is 7.61. The molecule has 0 saturated carbocycles. The monoisotopic (exact) mass is 398 g/mol. The van der Waals surface area contributed by atoms with Gasteiger partial charge in [0, 0.05) is 5.02 Å². The molecule has 0 unspecified atom stereocenters. The molecule has 0 aliphatic heterocycles. The Bertz CT molecular complexity index is 917. The maximum atomic E-state index is 12.1. The molecule has 28 heavy (non-hydrogen) atoms. The van der Waals surface area contributed by atoms with Crippen molar-refractivity contribution in [3.8, 4) is 11.8 Å². The lowest BCUT2D eigenvalue weighted by atomic mass is 10.1. The van der Waals surface area contributed by atoms with Gasteiger partial charge in [-0.25, -0.2) is 4.79 Å². The van der Waals surface area contributed by atoms with Gasteiger partial charge in [0.2, 0.25) is 0 Å². The molecule has 0 aliphatic carbocycles. The Morgan fingerprint density at radius 3 is 2.50 bits per heavy atom. The summed E-state index contributed by atoms with van der Waals surface area (Å²) in [4.78, 5) is 24.1. The highest BCUT2D eigenvalue weighted by Gasteiger charge is 2.16. The number of nitrogens with one attached hydrogen (secondary N) is 1. The highest BCUT2D eigenvalue weighted by molar-refractivity contribution is 6.31. The molecule has 2 aromatic carbocycles. The lowest BCUT2D eigenvalue weighted by Crippen LogP contribution is -2.31. The number of carbonyl (C=O) groups is 2. The van der Waals surface area contributed by atoms with Gasteiger partial charge in [-0.05, 0) is 42.3 Å². The lowest BCUT2D eigenvalue weighted by molar-refractivity contribution is -0.144. The van der Waals surface area contributed by atoms with Crippen LogP contribution in [0.3, 0.4) is 0 Å². The van der Waals surface area contributed by atoms with Crippen LogP contribution < -0.4 is 10.1 Å². The predicted molar refractivity (Wildman–Crippen MR) is 106 cm³/mol. The smallest absolute Gasteiger partial charge is 0.349 e. The SMILES string of the molecule is COc1ccc(/C=C(\C#N)C(=O)OCC(=O)N[C@@H](C)c2ccccc2Cl)cc1. The normalized spacial score (nSPS) is 11.9. The van der Waals surface area contributed by atoms with Crippen LogP contribution in [0.1, 0.15) is 24.1 Å². The van der Waals surface area contributed by atoms with Crippen molar-refractivity contribution in [3.05, 3.63) is 70.3 Å². The predicted octanol–water partition coefficient (Wildman–Crippen LogP) is 3.68. The zero-order valence-electron chi connectivity index (χ0n) is 15.4. The van der Waals surface area contributed by atoms with Crippen LogP contribution in [0.2, 0.25) is 5.02 Å². The van der Waals surface area contributed by atoms with E-state index in [-0.39, 0.29) is 11.6 Å². The van der Waals surface area contributed by atoms with Gasteiger partial charge >= 0.3 is 5.97 Å². The van der Waals surface area contributed by atoms with Crippen molar-refractivity contribution >= 4 is 29.6 Å². The number of methoxy groups -OCH3 is 1. The average Bonchev–Trinajstić information content (AvgIpc) is 2.70. The molecule has 0 aromatic heterocycles. The molecule has 6 nitrogen and oxygen atoms in total. The molecule has 2 aromatic rings. The Morgan fingerprint density at radius 1 is 1.21 bits per heavy atom. The number of halogens is 1. The fourth-order valence-electron chi connectivity index (χ4n) is 2.40. The van der Waals surface area contributed by atoms with Gasteiger partial charge in [0.25, 0.3) is 5.91 Å². The summed E-state index contributed by atoms with van der Waals surface area (Å²) in [6.07, 6.45) is 1.38. The molecule has 1 atom stereocenters. The lowest BCUT2D eigenvalue weighted by Gasteiger charge is -2.15. The molecule has 1 N–H and O–H groups in total. The fourth-order valence-corrected chi connectivity index (χ4v) is 2.70. The van der Waals surface area contributed by atoms with E-state index in [9.17, 15) is 14.9 Å². The van der Waals surface area contributed by atoms with Crippen LogP contribution in [0.25, 0.3) is 6.08 Å². The van der Waals surface area contributed by atoms with Crippen molar-refractivity contribution in [2.75, 3.05) is 13.7 Å². The van der Waals surface area contributed by atoms with Gasteiger partial charge in [0.15, 0.2) is 6.61 Å². The molecule has 0 fully saturated rings. The van der Waals surface area contributed by atoms with Crippen LogP contribution in [-0.4, -0.2) is 25.6 Å². The number of benzene rings is 2. The van der Waals surface area contributed by atoms with Crippen molar-refractivity contribution in [2.45, 2.75) is 13.0 Å². The highest BCUT2D eigenvalue weighted by atomic mass is 35.5. The first-order valence-electron chi connectivity index (χ1n) is 8.41. The van der Waals surface area contributed by atoms with Gasteiger partial charge in [-0.3, -0.25) is 4.79 Å². The van der Waals surface area contributed by atoms with Gasteiger partial charge in [-0.2, -0.15) is 5.26 Å². The Hall–Kier alpha value is -3.30. The van der Waals surface area contributed by atoms with E-state index in [2.05, 4.69) is 5.32 Å². The molecule has 1 amide bonds. The van der Waals surface area contributed by atoms with Crippen molar-refractivity contribution < 1.29 is 19.1 Å². The summed E-state index contributed by atoms with van der Waals surface area (Å²) < 4.78 is 10.00. The maximum absolute atomic E-state index is 12.1. The first-order valence-corrected chi connectivity index (χ1v) is 8.79. The summed E-state index contributed by atoms with van der Waals surface area (Å²) >= 11 is 6.10. The molecule has 0 heterocycles. The second-order valence-corrected chi connectivity index (χ2v) is 6.24. The Morgan fingerprint density at radius 2 is 1.89 bits per heavy atom. The molecule has 0 aliphatic rings. The topological polar surface area (TPSA) is 88.4 Å². The van der Waals surface area contributed by atoms with Crippen LogP contribution in [-0.2, 0) is 14.3 Å². The summed E-state index contributed by atoms with van der Waals surface area (Å²) in [5, 5.41) is 12.4. The van der Waals surface area contributed by atoms with E-state index in [1.165, 1.54) is 6.08 Å². The van der Waals surface area contributed by atoms with Crippen LogP contribution in [0.15, 0.2) is 54.1 Å². The molecule has 144 valence electrons. The molecule has 7 heteroatoms. The van der Waals surface area contributed by atoms with E-state index in [1.54, 1.807) is 62.6 Å². The third kappa shape index (κ3) is 5.86. The first-order chi connectivity index (χ1) is 13.4. The molecule has 0 saturated heterocycles. The molecule has 0 bridgehead atoms. The van der Waals surface area contributed by atoms with Crippen molar-refractivity contribution in [3.63, 3.8) is 0 Å². The number of nitrogens with zero attached hydrogens (tertiary/aromatic N) is 1. The van der Waals surface area contributed by atoms with Gasteiger partial charge in [0.05, 0.1) is 13.2 Å². The number of esters is 1. The number of hydrogen-bond donors (Lipinski definition) is 1. The summed E-state index contributed by atoms with van der Waals surface area (Å²) in [6.45, 7) is 1.26. The van der Waals surface area contributed by atoms with Gasteiger partial charge < -0.3 is 14.8 Å². The minimum atomic E-state index is -0.876. The number of amides is 1. The van der Waals surface area contributed by atoms with Gasteiger partial charge in [-0.1, -0.05) is 41.9 Å². The summed E-state index contributed by atoms with van der Waals surface area (Å²) in [5.74, 6) is -0.719. The van der Waals surface area contributed by atoms with Crippen LogP contribution in [0.4, 0.5) is 0 Å². The third-order valence-electron chi connectivity index (χ3n) is 3.85. The fraction of sp³-hybridized carbons (Fsp3) is 0.190. The number of rotatable bonds is 7. The number of nitriles is 1. The third-order valence-corrected chi connectivity index (χ3v) is 4.19. The van der Waals surface area contributed by atoms with Gasteiger partial charge in [0.1, 0.15) is 17.4 Å². The number of hydrogen-bond acceptors (Lipinski definition) is 5. The van der Waals surface area contributed by atoms with Crippen molar-refractivity contribution in [1.82, 2.24) is 5.32 Å². The Labute approximate surface area is 168 Å². The van der Waals surface area contributed by atoms with Crippen LogP contribution in [0.5, 0.6) is 5.75 Å². The van der Waals surface area contributed by atoms with E-state index in [0.29, 0.717) is 16.3 Å². The number of carbonyl (C=O) groups excluding carboxylic acids is 2. The maximum Gasteiger partial charge on any atom is 0.349 e. The van der Waals surface area contributed by atoms with E-state index < -0.39 is 18.5 Å². The minimum absolute atomic E-state index is 0.211. The summed E-state index contributed by atoms with van der Waals surface area (Å²) in [7, 11) is 1.54. The first kappa shape index (κ1) is 21.0. The highest BCUT2D eigenvalue weighted by Crippen LogP contribution is 2.22. The second kappa shape index (κ2) is 10.1. The van der Waals surface area contributed by atoms with E-state index in [0.717, 1.165) is 5.56 Å². The quantitative estimate of drug-likeness (QED) is 0.436. The van der Waals surface area contributed by atoms with Crippen molar-refractivity contribution in [1.29, 1.82) is 5.26 Å². The molecule has 2 rings (SSSR count). The summed E-state index contributed by atoms with van der Waals surface area (Å²) in [6, 6.07) is 15.4. The second-order valence-electron chi connectivity index (χ2n) is 5.83. The standard InChI is InChI=1S/C21H19ClN2O4/c1-14(18-5-3-4-6-19(18)22)24-20(25)13-28-21(26)16(12-23)11-15-7-9-17(27-2)10-8-15/h3-11,14H,13H2,1-2H3,(H,24,25)/b16-11+/t14-/m0/s1. The van der Waals surface area contributed by atoms with E-state index >= 15 is 0 Å². The zero-order chi connectivity index (χ0) is 20.5. The van der Waals surface area contributed by atoms with Gasteiger partial charge in [-0.15, -0.1) is 0 Å². The molecule has 0 spiro atoms. The van der Waals surface area contributed by atoms with E-state index in [1.807, 2.05) is 6.07 Å². The average molecular weight is 399 g/mol. The molecular formula is C21H19ClN2O4. The zero-order valence-corrected chi connectivity index (χ0v) is 16.2. The number of ether oxygens (including phenoxy) is 2. The molecular weight excluding hydrogens is 380 g/mol. The van der Waals surface area contributed by atoms with E-state index in [4.69, 9.17) is 21.1 Å². The van der Waals surface area contributed by atoms with Crippen molar-refractivity contribution in [2.24, 2.45) is 0 Å². The largest absolute Gasteiger partial charge is 0.497 e. The minimum Gasteiger partial charge on any atom is -0.497 e. The summed E-state index contributed by atoms with van der Waals surface area (Å²) in [5.41, 5.74) is 1.17. The van der Waals surface area contributed by atoms with Crippen LogP contribution in [0, 0.1) is 11.3 Å². The Balaban J connectivity index is 1.93. The van der Waals surface area contributed by atoms with Crippen LogP contribution >= 0.6 is 11.6 Å². The molecule has 0 radical (unpaired) electrons.